The van der Waals surface area contributed by atoms with Crippen molar-refractivity contribution in [3.05, 3.63) is 54.4 Å². The summed E-state index contributed by atoms with van der Waals surface area (Å²) in [4.78, 5) is 32.2. The molecular weight excluding hydrogens is 358 g/mol. The molecule has 2 aromatic rings. The van der Waals surface area contributed by atoms with Gasteiger partial charge in [-0.15, -0.1) is 0 Å². The van der Waals surface area contributed by atoms with Gasteiger partial charge in [0.25, 0.3) is 0 Å². The van der Waals surface area contributed by atoms with Crippen LogP contribution in [0.4, 0.5) is 0 Å². The fraction of sp³-hybridized carbons (Fsp3) is 0.381. The molecule has 1 aromatic heterocycles. The first-order valence-electron chi connectivity index (χ1n) is 9.33. The molecule has 3 heterocycles. The minimum atomic E-state index is -0.249. The molecule has 4 rings (SSSR count). The largest absolute Gasteiger partial charge is 0.394 e. The zero-order chi connectivity index (χ0) is 19.7. The molecule has 2 aliphatic heterocycles. The minimum absolute atomic E-state index is 0.00459. The Morgan fingerprint density at radius 2 is 2.04 bits per heavy atom. The molecule has 0 saturated carbocycles. The van der Waals surface area contributed by atoms with Gasteiger partial charge >= 0.3 is 0 Å². The maximum absolute atomic E-state index is 12.5. The summed E-state index contributed by atoms with van der Waals surface area (Å²) in [5, 5.41) is 9.86. The van der Waals surface area contributed by atoms with Gasteiger partial charge in [0.2, 0.25) is 11.8 Å². The number of amides is 2. The predicted molar refractivity (Wildman–Crippen MR) is 102 cm³/mol. The molecule has 3 atom stereocenters. The number of rotatable bonds is 5. The van der Waals surface area contributed by atoms with Gasteiger partial charge in [0.1, 0.15) is 6.61 Å². The Morgan fingerprint density at radius 3 is 2.68 bits per heavy atom. The maximum atomic E-state index is 12.5. The molecule has 2 amide bonds. The summed E-state index contributed by atoms with van der Waals surface area (Å²) in [6.45, 7) is 0.374. The SMILES string of the molecule is COCC(=O)N1CC(=O)N2[C@H](CO)[C@H](c3ccc(-c4cccnc4)cc3)[C@H]2C1. The van der Waals surface area contributed by atoms with E-state index in [1.807, 2.05) is 42.6 Å². The minimum Gasteiger partial charge on any atom is -0.394 e. The molecule has 7 heteroatoms. The van der Waals surface area contributed by atoms with Crippen molar-refractivity contribution in [3.63, 3.8) is 0 Å². The summed E-state index contributed by atoms with van der Waals surface area (Å²) in [5.74, 6) is -0.313. The first-order chi connectivity index (χ1) is 13.6. The van der Waals surface area contributed by atoms with Gasteiger partial charge in [-0.2, -0.15) is 0 Å². The van der Waals surface area contributed by atoms with Crippen LogP contribution < -0.4 is 0 Å². The van der Waals surface area contributed by atoms with Crippen molar-refractivity contribution >= 4 is 11.8 Å². The third kappa shape index (κ3) is 3.16. The summed E-state index contributed by atoms with van der Waals surface area (Å²) in [6, 6.07) is 11.7. The number of aliphatic hydroxyl groups excluding tert-OH is 1. The zero-order valence-electron chi connectivity index (χ0n) is 15.7. The lowest BCUT2D eigenvalue weighted by Crippen LogP contribution is -2.73. The van der Waals surface area contributed by atoms with Crippen molar-refractivity contribution in [2.45, 2.75) is 18.0 Å². The number of hydrogen-bond donors (Lipinski definition) is 1. The molecule has 0 radical (unpaired) electrons. The number of fused-ring (bicyclic) bond motifs is 1. The number of piperazine rings is 1. The highest BCUT2D eigenvalue weighted by atomic mass is 16.5. The van der Waals surface area contributed by atoms with Gasteiger partial charge in [0, 0.05) is 32.0 Å². The molecule has 0 spiro atoms. The van der Waals surface area contributed by atoms with Crippen LogP contribution in [0, 0.1) is 0 Å². The Hall–Kier alpha value is -2.77. The second-order valence-electron chi connectivity index (χ2n) is 7.22. The fourth-order valence-electron chi connectivity index (χ4n) is 4.34. The second-order valence-corrected chi connectivity index (χ2v) is 7.22. The second kappa shape index (κ2) is 7.69. The predicted octanol–water partition coefficient (Wildman–Crippen LogP) is 0.893. The number of aromatic nitrogens is 1. The normalized spacial score (nSPS) is 23.9. The van der Waals surface area contributed by atoms with Crippen molar-refractivity contribution < 1.29 is 19.4 Å². The summed E-state index contributed by atoms with van der Waals surface area (Å²) in [6.07, 6.45) is 3.55. The molecular formula is C21H23N3O4. The first-order valence-corrected chi connectivity index (χ1v) is 9.33. The summed E-state index contributed by atoms with van der Waals surface area (Å²) >= 11 is 0. The van der Waals surface area contributed by atoms with E-state index in [0.29, 0.717) is 6.54 Å². The van der Waals surface area contributed by atoms with Crippen molar-refractivity contribution in [1.29, 1.82) is 0 Å². The molecule has 146 valence electrons. The topological polar surface area (TPSA) is 83.0 Å². The number of pyridine rings is 1. The molecule has 7 nitrogen and oxygen atoms in total. The van der Waals surface area contributed by atoms with Gasteiger partial charge in [0.05, 0.1) is 25.2 Å². The van der Waals surface area contributed by atoms with Gasteiger partial charge in [-0.05, 0) is 22.8 Å². The van der Waals surface area contributed by atoms with Crippen LogP contribution in [0.1, 0.15) is 11.5 Å². The van der Waals surface area contributed by atoms with E-state index in [4.69, 9.17) is 4.74 Å². The van der Waals surface area contributed by atoms with Gasteiger partial charge < -0.3 is 19.6 Å². The Morgan fingerprint density at radius 1 is 1.25 bits per heavy atom. The van der Waals surface area contributed by atoms with Crippen molar-refractivity contribution in [3.8, 4) is 11.1 Å². The van der Waals surface area contributed by atoms with Crippen LogP contribution in [0.3, 0.4) is 0 Å². The zero-order valence-corrected chi connectivity index (χ0v) is 15.7. The van der Waals surface area contributed by atoms with E-state index >= 15 is 0 Å². The third-order valence-electron chi connectivity index (χ3n) is 5.66. The number of carbonyl (C=O) groups is 2. The highest BCUT2D eigenvalue weighted by Gasteiger charge is 2.54. The molecule has 1 aromatic carbocycles. The van der Waals surface area contributed by atoms with Crippen molar-refractivity contribution in [1.82, 2.24) is 14.8 Å². The van der Waals surface area contributed by atoms with Crippen LogP contribution in [-0.2, 0) is 14.3 Å². The van der Waals surface area contributed by atoms with E-state index < -0.39 is 0 Å². The first kappa shape index (κ1) is 18.6. The van der Waals surface area contributed by atoms with Crippen LogP contribution in [0.2, 0.25) is 0 Å². The van der Waals surface area contributed by atoms with E-state index in [0.717, 1.165) is 16.7 Å². The number of ether oxygens (including phenoxy) is 1. The molecule has 2 saturated heterocycles. The average Bonchev–Trinajstić information content (AvgIpc) is 2.71. The lowest BCUT2D eigenvalue weighted by atomic mass is 9.73. The molecule has 1 N–H and O–H groups in total. The van der Waals surface area contributed by atoms with E-state index in [1.54, 1.807) is 16.0 Å². The standard InChI is InChI=1S/C21H23N3O4/c1-28-13-20(27)23-10-17-21(18(12-25)24(17)19(26)11-23)15-6-4-14(5-7-15)16-3-2-8-22-9-16/h2-9,17-18,21,25H,10-13H2,1H3/t17-,18-,21-/m1/s1. The van der Waals surface area contributed by atoms with Gasteiger partial charge in [-0.25, -0.2) is 0 Å². The number of benzene rings is 1. The van der Waals surface area contributed by atoms with Crippen LogP contribution in [-0.4, -0.2) is 77.2 Å². The lowest BCUT2D eigenvalue weighted by Gasteiger charge is -2.58. The maximum Gasteiger partial charge on any atom is 0.249 e. The molecule has 0 aliphatic carbocycles. The fourth-order valence-corrected chi connectivity index (χ4v) is 4.34. The van der Waals surface area contributed by atoms with Gasteiger partial charge in [-0.1, -0.05) is 30.3 Å². The molecule has 0 unspecified atom stereocenters. The third-order valence-corrected chi connectivity index (χ3v) is 5.66. The molecule has 28 heavy (non-hydrogen) atoms. The quantitative estimate of drug-likeness (QED) is 0.832. The highest BCUT2D eigenvalue weighted by Crippen LogP contribution is 2.43. The number of aliphatic hydroxyl groups is 1. The number of carbonyl (C=O) groups excluding carboxylic acids is 2. The molecule has 0 bridgehead atoms. The molecule has 2 fully saturated rings. The van der Waals surface area contributed by atoms with E-state index in [1.165, 1.54) is 7.11 Å². The summed E-state index contributed by atoms with van der Waals surface area (Å²) in [7, 11) is 1.47. The number of hydrogen-bond acceptors (Lipinski definition) is 5. The van der Waals surface area contributed by atoms with Gasteiger partial charge in [0.15, 0.2) is 0 Å². The van der Waals surface area contributed by atoms with Crippen LogP contribution >= 0.6 is 0 Å². The summed E-state index contributed by atoms with van der Waals surface area (Å²) < 4.78 is 4.92. The Labute approximate surface area is 163 Å². The van der Waals surface area contributed by atoms with Crippen molar-refractivity contribution in [2.24, 2.45) is 0 Å². The van der Waals surface area contributed by atoms with Crippen molar-refractivity contribution in [2.75, 3.05) is 33.4 Å². The summed E-state index contributed by atoms with van der Waals surface area (Å²) in [5.41, 5.74) is 3.15. The lowest BCUT2D eigenvalue weighted by molar-refractivity contribution is -0.168. The van der Waals surface area contributed by atoms with Crippen LogP contribution in [0.15, 0.2) is 48.8 Å². The van der Waals surface area contributed by atoms with Gasteiger partial charge in [-0.3, -0.25) is 14.6 Å². The van der Waals surface area contributed by atoms with E-state index in [2.05, 4.69) is 4.98 Å². The highest BCUT2D eigenvalue weighted by molar-refractivity contribution is 5.88. The van der Waals surface area contributed by atoms with E-state index in [9.17, 15) is 14.7 Å². The number of nitrogens with zero attached hydrogens (tertiary/aromatic N) is 3. The average molecular weight is 381 g/mol. The number of methoxy groups -OCH3 is 1. The molecule has 2 aliphatic rings. The smallest absolute Gasteiger partial charge is 0.249 e. The van der Waals surface area contributed by atoms with Crippen LogP contribution in [0.5, 0.6) is 0 Å². The van der Waals surface area contributed by atoms with Crippen LogP contribution in [0.25, 0.3) is 11.1 Å². The Balaban J connectivity index is 1.56. The monoisotopic (exact) mass is 381 g/mol. The Bertz CT molecular complexity index is 856. The Kier molecular flexibility index (Phi) is 5.11. The van der Waals surface area contributed by atoms with E-state index in [-0.39, 0.29) is 49.6 Å².